The highest BCUT2D eigenvalue weighted by Crippen LogP contribution is 2.36. The Morgan fingerprint density at radius 2 is 1.83 bits per heavy atom. The lowest BCUT2D eigenvalue weighted by atomic mass is 10.0. The van der Waals surface area contributed by atoms with E-state index in [1.165, 1.54) is 0 Å². The van der Waals surface area contributed by atoms with E-state index in [0.717, 1.165) is 47.7 Å². The van der Waals surface area contributed by atoms with Crippen molar-refractivity contribution in [2.75, 3.05) is 7.11 Å². The molecule has 29 heavy (non-hydrogen) atoms. The smallest absolute Gasteiger partial charge is 0.161 e. The summed E-state index contributed by atoms with van der Waals surface area (Å²) in [6.45, 7) is 3.64. The second kappa shape index (κ2) is 8.22. The summed E-state index contributed by atoms with van der Waals surface area (Å²) in [6, 6.07) is 17.5. The number of benzene rings is 2. The molecular formula is C23H24N4O2. The zero-order valence-corrected chi connectivity index (χ0v) is 16.6. The van der Waals surface area contributed by atoms with Crippen LogP contribution < -0.4 is 4.74 Å². The first-order valence-corrected chi connectivity index (χ1v) is 9.63. The third-order valence-corrected chi connectivity index (χ3v) is 4.90. The molecular weight excluding hydrogens is 364 g/mol. The molecule has 0 aliphatic heterocycles. The number of imidazole rings is 1. The zero-order chi connectivity index (χ0) is 20.2. The molecule has 148 valence electrons. The number of rotatable bonds is 7. The van der Waals surface area contributed by atoms with Crippen LogP contribution in [0.3, 0.4) is 0 Å². The molecule has 2 heterocycles. The molecule has 0 spiro atoms. The summed E-state index contributed by atoms with van der Waals surface area (Å²) in [7, 11) is 1.56. The number of nitrogens with zero attached hydrogens (tertiary/aromatic N) is 4. The molecule has 0 atom stereocenters. The maximum Gasteiger partial charge on any atom is 0.161 e. The van der Waals surface area contributed by atoms with E-state index in [-0.39, 0.29) is 5.75 Å². The summed E-state index contributed by atoms with van der Waals surface area (Å²) in [5.41, 5.74) is 4.94. The van der Waals surface area contributed by atoms with Crippen LogP contribution in [0.5, 0.6) is 11.5 Å². The van der Waals surface area contributed by atoms with Crippen molar-refractivity contribution in [1.82, 2.24) is 19.3 Å². The predicted octanol–water partition coefficient (Wildman–Crippen LogP) is 4.53. The topological polar surface area (TPSA) is 65.1 Å². The van der Waals surface area contributed by atoms with Crippen LogP contribution in [0.1, 0.15) is 12.1 Å². The van der Waals surface area contributed by atoms with E-state index in [2.05, 4.69) is 21.8 Å². The van der Waals surface area contributed by atoms with Crippen LogP contribution in [-0.2, 0) is 13.1 Å². The second-order valence-electron chi connectivity index (χ2n) is 6.96. The lowest BCUT2D eigenvalue weighted by molar-refractivity contribution is 0.373. The van der Waals surface area contributed by atoms with Crippen molar-refractivity contribution in [1.29, 1.82) is 0 Å². The molecule has 0 aliphatic rings. The number of aryl methyl sites for hydroxylation is 3. The van der Waals surface area contributed by atoms with Crippen LogP contribution in [0.2, 0.25) is 0 Å². The number of ether oxygens (including phenoxy) is 1. The van der Waals surface area contributed by atoms with Crippen molar-refractivity contribution in [2.24, 2.45) is 0 Å². The molecule has 0 radical (unpaired) electrons. The van der Waals surface area contributed by atoms with E-state index in [1.54, 1.807) is 13.2 Å². The van der Waals surface area contributed by atoms with Gasteiger partial charge >= 0.3 is 0 Å². The monoisotopic (exact) mass is 388 g/mol. The molecule has 0 amide bonds. The minimum Gasteiger partial charge on any atom is -0.504 e. The van der Waals surface area contributed by atoms with Gasteiger partial charge in [0.05, 0.1) is 30.5 Å². The van der Waals surface area contributed by atoms with Crippen molar-refractivity contribution >= 4 is 0 Å². The molecule has 4 aromatic rings. The fourth-order valence-corrected chi connectivity index (χ4v) is 3.48. The van der Waals surface area contributed by atoms with Gasteiger partial charge in [-0.25, -0.2) is 4.98 Å². The number of phenols is 1. The first-order valence-electron chi connectivity index (χ1n) is 9.63. The molecule has 0 saturated heterocycles. The number of aromatic hydroxyl groups is 1. The standard InChI is InChI=1S/C23H24N4O2/c1-17-11-14-27(25-17)13-6-12-26-16-24-22(18-7-4-3-5-8-18)23(26)19-9-10-20(28)21(15-19)29-2/h3-5,7-11,14-16,28H,6,12-13H2,1-2H3. The fraction of sp³-hybridized carbons (Fsp3) is 0.217. The largest absolute Gasteiger partial charge is 0.504 e. The van der Waals surface area contributed by atoms with E-state index in [4.69, 9.17) is 9.72 Å². The maximum absolute atomic E-state index is 10.0. The summed E-state index contributed by atoms with van der Waals surface area (Å²) in [5, 5.41) is 14.5. The maximum atomic E-state index is 10.0. The molecule has 0 fully saturated rings. The minimum atomic E-state index is 0.123. The van der Waals surface area contributed by atoms with Gasteiger partial charge in [0.15, 0.2) is 11.5 Å². The van der Waals surface area contributed by atoms with Gasteiger partial charge in [-0.1, -0.05) is 30.3 Å². The van der Waals surface area contributed by atoms with Crippen molar-refractivity contribution in [3.8, 4) is 34.0 Å². The average molecular weight is 388 g/mol. The fourth-order valence-electron chi connectivity index (χ4n) is 3.48. The van der Waals surface area contributed by atoms with Crippen molar-refractivity contribution in [3.63, 3.8) is 0 Å². The molecule has 2 aromatic heterocycles. The Kier molecular flexibility index (Phi) is 5.33. The number of hydrogen-bond acceptors (Lipinski definition) is 4. The minimum absolute atomic E-state index is 0.123. The Labute approximate surface area is 170 Å². The molecule has 1 N–H and O–H groups in total. The third kappa shape index (κ3) is 4.01. The molecule has 0 unspecified atom stereocenters. The Morgan fingerprint density at radius 1 is 1.00 bits per heavy atom. The SMILES string of the molecule is COc1cc(-c2c(-c3ccccc3)ncn2CCCn2ccc(C)n2)ccc1O. The molecule has 0 bridgehead atoms. The van der Waals surface area contributed by atoms with Crippen LogP contribution in [0.25, 0.3) is 22.5 Å². The quantitative estimate of drug-likeness (QED) is 0.505. The third-order valence-electron chi connectivity index (χ3n) is 4.90. The Morgan fingerprint density at radius 3 is 2.55 bits per heavy atom. The zero-order valence-electron chi connectivity index (χ0n) is 16.6. The van der Waals surface area contributed by atoms with Gasteiger partial charge in [-0.05, 0) is 37.6 Å². The predicted molar refractivity (Wildman–Crippen MR) is 113 cm³/mol. The highest BCUT2D eigenvalue weighted by Gasteiger charge is 2.16. The van der Waals surface area contributed by atoms with Crippen LogP contribution in [-0.4, -0.2) is 31.5 Å². The summed E-state index contributed by atoms with van der Waals surface area (Å²) >= 11 is 0. The Balaban J connectivity index is 1.68. The number of phenolic OH excluding ortho intramolecular Hbond substituents is 1. The summed E-state index contributed by atoms with van der Waals surface area (Å²) in [4.78, 5) is 4.71. The average Bonchev–Trinajstić information content (AvgIpc) is 3.35. The molecule has 2 aromatic carbocycles. The Bertz CT molecular complexity index is 1100. The molecule has 6 nitrogen and oxygen atoms in total. The molecule has 0 aliphatic carbocycles. The first kappa shape index (κ1) is 18.8. The number of aromatic nitrogens is 4. The molecule has 6 heteroatoms. The van der Waals surface area contributed by atoms with E-state index in [9.17, 15) is 5.11 Å². The van der Waals surface area contributed by atoms with E-state index < -0.39 is 0 Å². The van der Waals surface area contributed by atoms with Gasteiger partial charge < -0.3 is 14.4 Å². The number of methoxy groups -OCH3 is 1. The lowest BCUT2D eigenvalue weighted by Gasteiger charge is -2.13. The highest BCUT2D eigenvalue weighted by molar-refractivity contribution is 5.79. The number of hydrogen-bond donors (Lipinski definition) is 1. The Hall–Kier alpha value is -3.54. The van der Waals surface area contributed by atoms with Gasteiger partial charge in [0, 0.05) is 30.4 Å². The highest BCUT2D eigenvalue weighted by atomic mass is 16.5. The van der Waals surface area contributed by atoms with Crippen LogP contribution in [0.4, 0.5) is 0 Å². The van der Waals surface area contributed by atoms with Gasteiger partial charge in [-0.15, -0.1) is 0 Å². The van der Waals surface area contributed by atoms with E-state index >= 15 is 0 Å². The summed E-state index contributed by atoms with van der Waals surface area (Å²) in [5.74, 6) is 0.568. The van der Waals surface area contributed by atoms with Gasteiger partial charge in [0.25, 0.3) is 0 Å². The van der Waals surface area contributed by atoms with Crippen LogP contribution in [0, 0.1) is 6.92 Å². The van der Waals surface area contributed by atoms with Gasteiger partial charge in [0.2, 0.25) is 0 Å². The van der Waals surface area contributed by atoms with Gasteiger partial charge in [-0.2, -0.15) is 5.10 Å². The normalized spacial score (nSPS) is 11.0. The van der Waals surface area contributed by atoms with Crippen LogP contribution in [0.15, 0.2) is 67.1 Å². The van der Waals surface area contributed by atoms with Crippen molar-refractivity contribution in [3.05, 3.63) is 72.8 Å². The van der Waals surface area contributed by atoms with Crippen LogP contribution >= 0.6 is 0 Å². The summed E-state index contributed by atoms with van der Waals surface area (Å²) < 4.78 is 9.44. The van der Waals surface area contributed by atoms with Crippen molar-refractivity contribution < 1.29 is 9.84 Å². The lowest BCUT2D eigenvalue weighted by Crippen LogP contribution is -2.05. The summed E-state index contributed by atoms with van der Waals surface area (Å²) in [6.07, 6.45) is 4.81. The first-order chi connectivity index (χ1) is 14.2. The van der Waals surface area contributed by atoms with E-state index in [1.807, 2.05) is 60.5 Å². The van der Waals surface area contributed by atoms with E-state index in [0.29, 0.717) is 5.75 Å². The second-order valence-corrected chi connectivity index (χ2v) is 6.96. The van der Waals surface area contributed by atoms with Gasteiger partial charge in [-0.3, -0.25) is 4.68 Å². The van der Waals surface area contributed by atoms with Crippen molar-refractivity contribution in [2.45, 2.75) is 26.4 Å². The van der Waals surface area contributed by atoms with Gasteiger partial charge in [0.1, 0.15) is 0 Å². The molecule has 0 saturated carbocycles. The molecule has 4 rings (SSSR count).